The van der Waals surface area contributed by atoms with Gasteiger partial charge in [-0.3, -0.25) is 0 Å². The van der Waals surface area contributed by atoms with E-state index in [2.05, 4.69) is 15.9 Å². The summed E-state index contributed by atoms with van der Waals surface area (Å²) >= 11 is 3.51. The van der Waals surface area contributed by atoms with Gasteiger partial charge in [0.05, 0.1) is 14.2 Å². The van der Waals surface area contributed by atoms with Gasteiger partial charge in [-0.2, -0.15) is 0 Å². The van der Waals surface area contributed by atoms with Crippen molar-refractivity contribution in [3.8, 4) is 11.5 Å². The van der Waals surface area contributed by atoms with Crippen molar-refractivity contribution in [1.82, 2.24) is 0 Å². The van der Waals surface area contributed by atoms with E-state index in [9.17, 15) is 0 Å². The average Bonchev–Trinajstić information content (AvgIpc) is 2.48. The van der Waals surface area contributed by atoms with Gasteiger partial charge in [0.1, 0.15) is 16.0 Å². The van der Waals surface area contributed by atoms with E-state index in [0.29, 0.717) is 6.42 Å². The Kier molecular flexibility index (Phi) is 5.04. The Morgan fingerprint density at radius 3 is 2.35 bits per heavy atom. The van der Waals surface area contributed by atoms with Crippen LogP contribution in [0.5, 0.6) is 11.5 Å². The Morgan fingerprint density at radius 2 is 1.75 bits per heavy atom. The van der Waals surface area contributed by atoms with Crippen molar-refractivity contribution in [3.63, 3.8) is 0 Å². The van der Waals surface area contributed by atoms with E-state index in [1.165, 1.54) is 0 Å². The van der Waals surface area contributed by atoms with Crippen molar-refractivity contribution in [2.75, 3.05) is 14.2 Å². The Hall–Kier alpha value is -1.52. The smallest absolute Gasteiger partial charge is 0.140 e. The van der Waals surface area contributed by atoms with Crippen molar-refractivity contribution in [1.29, 1.82) is 0 Å². The van der Waals surface area contributed by atoms with E-state index in [4.69, 9.17) is 15.2 Å². The number of methoxy groups -OCH3 is 2. The third-order valence-corrected chi connectivity index (χ3v) is 3.99. The van der Waals surface area contributed by atoms with Gasteiger partial charge in [0, 0.05) is 6.04 Å². The average molecular weight is 336 g/mol. The molecular formula is C16H18BrNO2. The predicted molar refractivity (Wildman–Crippen MR) is 84.3 cm³/mol. The topological polar surface area (TPSA) is 44.5 Å². The van der Waals surface area contributed by atoms with Crippen LogP contribution in [-0.4, -0.2) is 14.2 Å². The summed E-state index contributed by atoms with van der Waals surface area (Å²) in [6.45, 7) is 0. The number of rotatable bonds is 5. The molecule has 1 atom stereocenters. The monoisotopic (exact) mass is 335 g/mol. The van der Waals surface area contributed by atoms with Crippen LogP contribution in [0.3, 0.4) is 0 Å². The molecule has 1 unspecified atom stereocenters. The highest BCUT2D eigenvalue weighted by atomic mass is 79.9. The molecule has 0 amide bonds. The molecule has 0 saturated heterocycles. The fourth-order valence-electron chi connectivity index (χ4n) is 2.17. The van der Waals surface area contributed by atoms with Crippen LogP contribution in [0.4, 0.5) is 0 Å². The standard InChI is InChI=1S/C16H18BrNO2/c1-19-14-9-8-12(16(20-2)15(14)17)10-13(18)11-6-4-3-5-7-11/h3-9,13H,10,18H2,1-2H3. The molecular weight excluding hydrogens is 318 g/mol. The second-order valence-corrected chi connectivity index (χ2v) is 5.29. The highest BCUT2D eigenvalue weighted by molar-refractivity contribution is 9.10. The number of nitrogens with two attached hydrogens (primary N) is 1. The molecule has 0 aliphatic carbocycles. The fourth-order valence-corrected chi connectivity index (χ4v) is 2.88. The van der Waals surface area contributed by atoms with Gasteiger partial charge >= 0.3 is 0 Å². The van der Waals surface area contributed by atoms with Crippen molar-refractivity contribution >= 4 is 15.9 Å². The molecule has 0 saturated carbocycles. The summed E-state index contributed by atoms with van der Waals surface area (Å²) in [5.41, 5.74) is 8.43. The van der Waals surface area contributed by atoms with E-state index < -0.39 is 0 Å². The fraction of sp³-hybridized carbons (Fsp3) is 0.250. The molecule has 0 aliphatic heterocycles. The van der Waals surface area contributed by atoms with E-state index in [1.807, 2.05) is 42.5 Å². The first kappa shape index (κ1) is 14.9. The van der Waals surface area contributed by atoms with Gasteiger partial charge in [0.2, 0.25) is 0 Å². The van der Waals surface area contributed by atoms with Crippen LogP contribution < -0.4 is 15.2 Å². The van der Waals surface area contributed by atoms with Crippen LogP contribution >= 0.6 is 15.9 Å². The lowest BCUT2D eigenvalue weighted by Gasteiger charge is -2.17. The van der Waals surface area contributed by atoms with E-state index in [-0.39, 0.29) is 6.04 Å². The van der Waals surface area contributed by atoms with Crippen LogP contribution in [-0.2, 0) is 6.42 Å². The minimum absolute atomic E-state index is 0.0644. The van der Waals surface area contributed by atoms with Gasteiger partial charge in [-0.25, -0.2) is 0 Å². The summed E-state index contributed by atoms with van der Waals surface area (Å²) in [5, 5.41) is 0. The second kappa shape index (κ2) is 6.77. The minimum atomic E-state index is -0.0644. The van der Waals surface area contributed by atoms with Gasteiger partial charge in [0.15, 0.2) is 0 Å². The van der Waals surface area contributed by atoms with E-state index in [1.54, 1.807) is 14.2 Å². The van der Waals surface area contributed by atoms with E-state index >= 15 is 0 Å². The minimum Gasteiger partial charge on any atom is -0.495 e. The Labute approximate surface area is 127 Å². The molecule has 0 aliphatic rings. The van der Waals surface area contributed by atoms with Crippen LogP contribution in [0.2, 0.25) is 0 Å². The number of halogens is 1. The molecule has 20 heavy (non-hydrogen) atoms. The molecule has 2 N–H and O–H groups in total. The molecule has 0 fully saturated rings. The molecule has 4 heteroatoms. The molecule has 106 valence electrons. The van der Waals surface area contributed by atoms with E-state index in [0.717, 1.165) is 27.1 Å². The van der Waals surface area contributed by atoms with Gasteiger partial charge in [-0.05, 0) is 39.5 Å². The van der Waals surface area contributed by atoms with Crippen LogP contribution in [0.1, 0.15) is 17.2 Å². The SMILES string of the molecule is COc1ccc(CC(N)c2ccccc2)c(OC)c1Br. The number of benzene rings is 2. The maximum atomic E-state index is 6.27. The maximum Gasteiger partial charge on any atom is 0.140 e. The van der Waals surface area contributed by atoms with Crippen molar-refractivity contribution in [2.45, 2.75) is 12.5 Å². The summed E-state index contributed by atoms with van der Waals surface area (Å²) in [7, 11) is 3.28. The predicted octanol–water partition coefficient (Wildman–Crippen LogP) is 3.71. The number of ether oxygens (including phenoxy) is 2. The molecule has 0 bridgehead atoms. The first-order chi connectivity index (χ1) is 9.67. The van der Waals surface area contributed by atoms with Crippen LogP contribution in [0, 0.1) is 0 Å². The van der Waals surface area contributed by atoms with Gasteiger partial charge in [-0.15, -0.1) is 0 Å². The number of hydrogen-bond acceptors (Lipinski definition) is 3. The second-order valence-electron chi connectivity index (χ2n) is 4.50. The zero-order valence-electron chi connectivity index (χ0n) is 11.6. The normalized spacial score (nSPS) is 12.0. The molecule has 0 radical (unpaired) electrons. The van der Waals surface area contributed by atoms with Gasteiger partial charge in [-0.1, -0.05) is 36.4 Å². The lowest BCUT2D eigenvalue weighted by Crippen LogP contribution is -2.14. The summed E-state index contributed by atoms with van der Waals surface area (Å²) in [6, 6.07) is 13.9. The lowest BCUT2D eigenvalue weighted by atomic mass is 9.99. The Morgan fingerprint density at radius 1 is 1.05 bits per heavy atom. The highest BCUT2D eigenvalue weighted by Gasteiger charge is 2.15. The summed E-state index contributed by atoms with van der Waals surface area (Å²) < 4.78 is 11.6. The van der Waals surface area contributed by atoms with Crippen LogP contribution in [0.15, 0.2) is 46.9 Å². The first-order valence-electron chi connectivity index (χ1n) is 6.37. The Balaban J connectivity index is 2.27. The molecule has 0 aromatic heterocycles. The number of hydrogen-bond donors (Lipinski definition) is 1. The first-order valence-corrected chi connectivity index (χ1v) is 7.16. The molecule has 0 heterocycles. The summed E-state index contributed by atoms with van der Waals surface area (Å²) in [5.74, 6) is 1.52. The summed E-state index contributed by atoms with van der Waals surface area (Å²) in [6.07, 6.45) is 0.704. The van der Waals surface area contributed by atoms with Crippen molar-refractivity contribution < 1.29 is 9.47 Å². The molecule has 2 rings (SSSR count). The third-order valence-electron chi connectivity index (χ3n) is 3.23. The largest absolute Gasteiger partial charge is 0.495 e. The quantitative estimate of drug-likeness (QED) is 0.905. The van der Waals surface area contributed by atoms with Crippen molar-refractivity contribution in [3.05, 3.63) is 58.1 Å². The molecule has 3 nitrogen and oxygen atoms in total. The van der Waals surface area contributed by atoms with Crippen molar-refractivity contribution in [2.24, 2.45) is 5.73 Å². The Bertz CT molecular complexity index is 572. The third kappa shape index (κ3) is 3.14. The maximum absolute atomic E-state index is 6.27. The zero-order valence-corrected chi connectivity index (χ0v) is 13.2. The lowest BCUT2D eigenvalue weighted by molar-refractivity contribution is 0.385. The zero-order chi connectivity index (χ0) is 14.5. The van der Waals surface area contributed by atoms with Crippen LogP contribution in [0.25, 0.3) is 0 Å². The van der Waals surface area contributed by atoms with Gasteiger partial charge < -0.3 is 15.2 Å². The molecule has 2 aromatic carbocycles. The molecule has 2 aromatic rings. The highest BCUT2D eigenvalue weighted by Crippen LogP contribution is 2.38. The summed E-state index contributed by atoms with van der Waals surface area (Å²) in [4.78, 5) is 0. The molecule has 0 spiro atoms. The van der Waals surface area contributed by atoms with Gasteiger partial charge in [0.25, 0.3) is 0 Å².